The monoisotopic (exact) mass is 308 g/mol. The summed E-state index contributed by atoms with van der Waals surface area (Å²) in [6, 6.07) is 4.36. The van der Waals surface area contributed by atoms with Crippen molar-refractivity contribution in [1.29, 1.82) is 0 Å². The highest BCUT2D eigenvalue weighted by atomic mass is 32.2. The normalized spacial score (nSPS) is 11.4. The van der Waals surface area contributed by atoms with Crippen molar-refractivity contribution in [2.24, 2.45) is 5.73 Å². The van der Waals surface area contributed by atoms with Gasteiger partial charge >= 0.3 is 0 Å². The van der Waals surface area contributed by atoms with E-state index in [1.165, 1.54) is 12.1 Å². The number of nitrogens with one attached hydrogen (secondary N) is 1. The number of halogens is 1. The number of carbonyl (C=O) groups excluding carboxylic acids is 1. The zero-order chi connectivity index (χ0) is 15.7. The first-order chi connectivity index (χ1) is 10.1. The number of hydrogen-bond donors (Lipinski definition) is 2. The number of thioether (sulfide) groups is 1. The zero-order valence-corrected chi connectivity index (χ0v) is 13.2. The molecule has 0 saturated carbocycles. The van der Waals surface area contributed by atoms with Crippen LogP contribution in [0, 0.1) is 17.7 Å². The number of nitrogens with two attached hydrogens (primary N) is 1. The summed E-state index contributed by atoms with van der Waals surface area (Å²) < 4.78 is 13.9. The minimum absolute atomic E-state index is 0.0210. The second-order valence-corrected chi connectivity index (χ2v) is 5.95. The highest BCUT2D eigenvalue weighted by Gasteiger charge is 2.14. The molecule has 0 spiro atoms. The van der Waals surface area contributed by atoms with Gasteiger partial charge in [-0.05, 0) is 43.0 Å². The second kappa shape index (κ2) is 9.43. The summed E-state index contributed by atoms with van der Waals surface area (Å²) in [5.74, 6) is 6.47. The lowest BCUT2D eigenvalue weighted by Gasteiger charge is -2.13. The molecule has 1 atom stereocenters. The molecule has 0 heterocycles. The molecule has 3 N–H and O–H groups in total. The molecule has 0 aliphatic rings. The minimum Gasteiger partial charge on any atom is -0.349 e. The molecule has 1 amide bonds. The predicted molar refractivity (Wildman–Crippen MR) is 86.9 cm³/mol. The molecule has 0 radical (unpaired) electrons. The summed E-state index contributed by atoms with van der Waals surface area (Å²) in [6.45, 7) is 4.24. The van der Waals surface area contributed by atoms with E-state index < -0.39 is 5.82 Å². The SMILES string of the molecule is CCSCCC(C)NC(=O)c1ccc(C#CCN)cc1F. The van der Waals surface area contributed by atoms with Gasteiger partial charge in [-0.1, -0.05) is 18.8 Å². The maximum Gasteiger partial charge on any atom is 0.254 e. The molecule has 0 aromatic heterocycles. The number of carbonyl (C=O) groups is 1. The Bertz CT molecular complexity index is 537. The molecule has 1 aromatic carbocycles. The van der Waals surface area contributed by atoms with Crippen LogP contribution in [-0.2, 0) is 0 Å². The van der Waals surface area contributed by atoms with E-state index in [-0.39, 0.29) is 24.1 Å². The van der Waals surface area contributed by atoms with Crippen LogP contribution in [0.15, 0.2) is 18.2 Å². The van der Waals surface area contributed by atoms with Gasteiger partial charge in [0.1, 0.15) is 5.82 Å². The Balaban J connectivity index is 2.66. The van der Waals surface area contributed by atoms with Crippen LogP contribution in [0.2, 0.25) is 0 Å². The second-order valence-electron chi connectivity index (χ2n) is 4.56. The summed E-state index contributed by atoms with van der Waals surface area (Å²) >= 11 is 1.82. The highest BCUT2D eigenvalue weighted by Crippen LogP contribution is 2.11. The van der Waals surface area contributed by atoms with Crippen molar-refractivity contribution >= 4 is 17.7 Å². The van der Waals surface area contributed by atoms with Crippen LogP contribution in [0.3, 0.4) is 0 Å². The molecule has 0 fully saturated rings. The number of rotatable bonds is 6. The first kappa shape index (κ1) is 17.5. The molecule has 21 heavy (non-hydrogen) atoms. The van der Waals surface area contributed by atoms with Crippen LogP contribution in [0.1, 0.15) is 36.2 Å². The topological polar surface area (TPSA) is 55.1 Å². The van der Waals surface area contributed by atoms with E-state index in [1.807, 2.05) is 18.7 Å². The van der Waals surface area contributed by atoms with Crippen LogP contribution < -0.4 is 11.1 Å². The van der Waals surface area contributed by atoms with Gasteiger partial charge in [-0.25, -0.2) is 4.39 Å². The third kappa shape index (κ3) is 6.19. The number of benzene rings is 1. The highest BCUT2D eigenvalue weighted by molar-refractivity contribution is 7.99. The molecule has 3 nitrogen and oxygen atoms in total. The average molecular weight is 308 g/mol. The van der Waals surface area contributed by atoms with E-state index in [9.17, 15) is 9.18 Å². The van der Waals surface area contributed by atoms with E-state index >= 15 is 0 Å². The Morgan fingerprint density at radius 2 is 2.29 bits per heavy atom. The smallest absolute Gasteiger partial charge is 0.254 e. The number of amides is 1. The van der Waals surface area contributed by atoms with Crippen LogP contribution in [0.4, 0.5) is 4.39 Å². The molecule has 1 rings (SSSR count). The Labute approximate surface area is 129 Å². The summed E-state index contributed by atoms with van der Waals surface area (Å²) in [5, 5.41) is 2.81. The molecular weight excluding hydrogens is 287 g/mol. The first-order valence-electron chi connectivity index (χ1n) is 6.95. The van der Waals surface area contributed by atoms with Crippen molar-refractivity contribution in [3.05, 3.63) is 35.1 Å². The summed E-state index contributed by atoms with van der Waals surface area (Å²) in [6.07, 6.45) is 0.867. The largest absolute Gasteiger partial charge is 0.349 e. The van der Waals surface area contributed by atoms with E-state index in [0.717, 1.165) is 17.9 Å². The van der Waals surface area contributed by atoms with Crippen LogP contribution >= 0.6 is 11.8 Å². The van der Waals surface area contributed by atoms with Gasteiger partial charge in [0, 0.05) is 11.6 Å². The van der Waals surface area contributed by atoms with Gasteiger partial charge in [0.25, 0.3) is 5.91 Å². The van der Waals surface area contributed by atoms with Gasteiger partial charge < -0.3 is 11.1 Å². The van der Waals surface area contributed by atoms with Crippen molar-refractivity contribution < 1.29 is 9.18 Å². The standard InChI is InChI=1S/C16H21FN2OS/c1-3-21-10-8-12(2)19-16(20)14-7-6-13(5-4-9-18)11-15(14)17/h6-7,11-12H,3,8-10,18H2,1-2H3,(H,19,20). The fourth-order valence-electron chi connectivity index (χ4n) is 1.71. The minimum atomic E-state index is -0.563. The van der Waals surface area contributed by atoms with Gasteiger partial charge in [-0.3, -0.25) is 4.79 Å². The molecule has 0 aliphatic heterocycles. The summed E-state index contributed by atoms with van der Waals surface area (Å²) in [4.78, 5) is 12.0. The van der Waals surface area contributed by atoms with E-state index in [0.29, 0.717) is 5.56 Å². The summed E-state index contributed by atoms with van der Waals surface area (Å²) in [5.41, 5.74) is 5.82. The maximum absolute atomic E-state index is 13.9. The molecule has 5 heteroatoms. The third-order valence-electron chi connectivity index (χ3n) is 2.83. The van der Waals surface area contributed by atoms with E-state index in [1.54, 1.807) is 6.07 Å². The fourth-order valence-corrected chi connectivity index (χ4v) is 2.52. The fraction of sp³-hybridized carbons (Fsp3) is 0.438. The van der Waals surface area contributed by atoms with Gasteiger partial charge in [0.15, 0.2) is 0 Å². The van der Waals surface area contributed by atoms with Crippen LogP contribution in [-0.4, -0.2) is 30.0 Å². The molecule has 0 bridgehead atoms. The molecule has 1 unspecified atom stereocenters. The van der Waals surface area contributed by atoms with Crippen LogP contribution in [0.5, 0.6) is 0 Å². The summed E-state index contributed by atoms with van der Waals surface area (Å²) in [7, 11) is 0. The Morgan fingerprint density at radius 3 is 2.90 bits per heavy atom. The lowest BCUT2D eigenvalue weighted by molar-refractivity contribution is 0.0935. The van der Waals surface area contributed by atoms with Crippen molar-refractivity contribution in [3.63, 3.8) is 0 Å². The average Bonchev–Trinajstić information content (AvgIpc) is 2.45. The van der Waals surface area contributed by atoms with Gasteiger partial charge in [0.05, 0.1) is 12.1 Å². The van der Waals surface area contributed by atoms with Crippen molar-refractivity contribution in [1.82, 2.24) is 5.32 Å². The van der Waals surface area contributed by atoms with E-state index in [2.05, 4.69) is 24.1 Å². The Morgan fingerprint density at radius 1 is 1.52 bits per heavy atom. The molecule has 114 valence electrons. The van der Waals surface area contributed by atoms with Gasteiger partial charge in [-0.15, -0.1) is 0 Å². The lowest BCUT2D eigenvalue weighted by Crippen LogP contribution is -2.33. The van der Waals surface area contributed by atoms with Crippen molar-refractivity contribution in [3.8, 4) is 11.8 Å². The lowest BCUT2D eigenvalue weighted by atomic mass is 10.1. The maximum atomic E-state index is 13.9. The molecule has 0 aliphatic carbocycles. The zero-order valence-electron chi connectivity index (χ0n) is 12.4. The predicted octanol–water partition coefficient (Wildman–Crippen LogP) is 2.40. The van der Waals surface area contributed by atoms with E-state index in [4.69, 9.17) is 5.73 Å². The Hall–Kier alpha value is -1.51. The van der Waals surface area contributed by atoms with Crippen molar-refractivity contribution in [2.45, 2.75) is 26.3 Å². The van der Waals surface area contributed by atoms with Crippen molar-refractivity contribution in [2.75, 3.05) is 18.1 Å². The van der Waals surface area contributed by atoms with Crippen LogP contribution in [0.25, 0.3) is 0 Å². The molecular formula is C16H21FN2OS. The first-order valence-corrected chi connectivity index (χ1v) is 8.11. The molecule has 1 aromatic rings. The molecule has 0 saturated heterocycles. The van der Waals surface area contributed by atoms with Gasteiger partial charge in [0.2, 0.25) is 0 Å². The number of hydrogen-bond acceptors (Lipinski definition) is 3. The quantitative estimate of drug-likeness (QED) is 0.627. The Kier molecular flexibility index (Phi) is 7.88. The van der Waals surface area contributed by atoms with Gasteiger partial charge in [-0.2, -0.15) is 11.8 Å². The third-order valence-corrected chi connectivity index (χ3v) is 3.76.